The summed E-state index contributed by atoms with van der Waals surface area (Å²) in [5, 5.41) is 2.04. The van der Waals surface area contributed by atoms with Crippen LogP contribution in [-0.2, 0) is 0 Å². The molecule has 2 nitrogen and oxygen atoms in total. The van der Waals surface area contributed by atoms with Gasteiger partial charge in [-0.3, -0.25) is 9.78 Å². The molecule has 0 unspecified atom stereocenters. The zero-order valence-corrected chi connectivity index (χ0v) is 10.6. The fraction of sp³-hybridized carbons (Fsp3) is 0.0588. The summed E-state index contributed by atoms with van der Waals surface area (Å²) in [5.74, 6) is -0.0273. The van der Waals surface area contributed by atoms with E-state index in [1.807, 2.05) is 61.5 Å². The van der Waals surface area contributed by atoms with Crippen molar-refractivity contribution >= 4 is 16.6 Å². The van der Waals surface area contributed by atoms with Crippen molar-refractivity contribution < 1.29 is 4.79 Å². The first-order chi connectivity index (χ1) is 9.25. The number of pyridine rings is 1. The summed E-state index contributed by atoms with van der Waals surface area (Å²) in [5.41, 5.74) is 2.24. The Hall–Kier alpha value is -2.48. The van der Waals surface area contributed by atoms with Gasteiger partial charge in [-0.2, -0.15) is 0 Å². The van der Waals surface area contributed by atoms with Gasteiger partial charge in [0.2, 0.25) is 5.78 Å². The average Bonchev–Trinajstić information content (AvgIpc) is 2.46. The van der Waals surface area contributed by atoms with E-state index in [1.54, 1.807) is 6.20 Å². The Morgan fingerprint density at radius 2 is 1.79 bits per heavy atom. The second-order valence-corrected chi connectivity index (χ2v) is 4.57. The molecular formula is C17H13NO. The van der Waals surface area contributed by atoms with Crippen LogP contribution in [0.25, 0.3) is 10.8 Å². The number of carbonyl (C=O) groups is 1. The zero-order chi connectivity index (χ0) is 13.2. The molecule has 92 valence electrons. The summed E-state index contributed by atoms with van der Waals surface area (Å²) in [7, 11) is 0. The third kappa shape index (κ3) is 2.13. The largest absolute Gasteiger partial charge is 0.287 e. The van der Waals surface area contributed by atoms with E-state index in [1.165, 1.54) is 0 Å². The quantitative estimate of drug-likeness (QED) is 0.645. The molecule has 0 saturated heterocycles. The second kappa shape index (κ2) is 4.65. The Kier molecular flexibility index (Phi) is 2.84. The van der Waals surface area contributed by atoms with Crippen molar-refractivity contribution in [2.45, 2.75) is 6.92 Å². The van der Waals surface area contributed by atoms with Crippen LogP contribution in [0.1, 0.15) is 21.6 Å². The van der Waals surface area contributed by atoms with Crippen molar-refractivity contribution in [1.29, 1.82) is 0 Å². The maximum absolute atomic E-state index is 12.6. The van der Waals surface area contributed by atoms with Gasteiger partial charge in [-0.15, -0.1) is 0 Å². The van der Waals surface area contributed by atoms with Gasteiger partial charge in [-0.1, -0.05) is 42.5 Å². The van der Waals surface area contributed by atoms with Crippen LogP contribution in [0.3, 0.4) is 0 Å². The number of benzene rings is 2. The number of carbonyl (C=O) groups excluding carboxylic acids is 1. The highest BCUT2D eigenvalue weighted by Crippen LogP contribution is 2.20. The highest BCUT2D eigenvalue weighted by molar-refractivity contribution is 6.15. The fourth-order valence-electron chi connectivity index (χ4n) is 2.22. The Balaban J connectivity index is 2.17. The van der Waals surface area contributed by atoms with Crippen LogP contribution in [-0.4, -0.2) is 10.8 Å². The summed E-state index contributed by atoms with van der Waals surface area (Å²) in [6, 6.07) is 17.4. The molecule has 19 heavy (non-hydrogen) atoms. The van der Waals surface area contributed by atoms with Crippen LogP contribution in [0.5, 0.6) is 0 Å². The van der Waals surface area contributed by atoms with E-state index in [4.69, 9.17) is 0 Å². The lowest BCUT2D eigenvalue weighted by Gasteiger charge is -2.05. The molecular weight excluding hydrogens is 234 g/mol. The molecule has 0 saturated carbocycles. The van der Waals surface area contributed by atoms with E-state index >= 15 is 0 Å². The highest BCUT2D eigenvalue weighted by Gasteiger charge is 2.13. The Morgan fingerprint density at radius 1 is 1.00 bits per heavy atom. The molecule has 0 aliphatic rings. The summed E-state index contributed by atoms with van der Waals surface area (Å²) in [6.07, 6.45) is 1.67. The van der Waals surface area contributed by atoms with E-state index in [9.17, 15) is 4.79 Å². The Bertz CT molecular complexity index is 757. The lowest BCUT2D eigenvalue weighted by molar-refractivity contribution is 0.103. The number of fused-ring (bicyclic) bond motifs is 1. The van der Waals surface area contributed by atoms with Gasteiger partial charge in [0.15, 0.2) is 0 Å². The number of ketones is 1. The molecule has 3 aromatic rings. The van der Waals surface area contributed by atoms with Gasteiger partial charge in [0.1, 0.15) is 5.69 Å². The van der Waals surface area contributed by atoms with Crippen LogP contribution >= 0.6 is 0 Å². The van der Waals surface area contributed by atoms with E-state index in [-0.39, 0.29) is 5.78 Å². The second-order valence-electron chi connectivity index (χ2n) is 4.57. The molecule has 0 radical (unpaired) electrons. The summed E-state index contributed by atoms with van der Waals surface area (Å²) >= 11 is 0. The first-order valence-corrected chi connectivity index (χ1v) is 6.21. The highest BCUT2D eigenvalue weighted by atomic mass is 16.1. The number of aryl methyl sites for hydroxylation is 1. The number of hydrogen-bond donors (Lipinski definition) is 0. The molecule has 2 aromatic carbocycles. The van der Waals surface area contributed by atoms with Crippen molar-refractivity contribution in [3.63, 3.8) is 0 Å². The number of rotatable bonds is 2. The predicted octanol–water partition coefficient (Wildman–Crippen LogP) is 3.77. The minimum atomic E-state index is -0.0273. The lowest BCUT2D eigenvalue weighted by Crippen LogP contribution is -2.04. The maximum atomic E-state index is 12.6. The number of hydrogen-bond acceptors (Lipinski definition) is 2. The molecule has 0 aliphatic carbocycles. The molecule has 0 atom stereocenters. The standard InChI is InChI=1S/C17H13NO/c1-12-9-10-18-16(11-12)17(19)15-8-4-6-13-5-2-3-7-14(13)15/h2-11H,1H3. The van der Waals surface area contributed by atoms with Crippen LogP contribution in [0.4, 0.5) is 0 Å². The van der Waals surface area contributed by atoms with Gasteiger partial charge >= 0.3 is 0 Å². The number of aromatic nitrogens is 1. The SMILES string of the molecule is Cc1ccnc(C(=O)c2cccc3ccccc23)c1. The molecule has 1 heterocycles. The minimum absolute atomic E-state index is 0.0273. The van der Waals surface area contributed by atoms with Crippen LogP contribution in [0.2, 0.25) is 0 Å². The van der Waals surface area contributed by atoms with Crippen molar-refractivity contribution in [1.82, 2.24) is 4.98 Å². The van der Waals surface area contributed by atoms with E-state index in [0.29, 0.717) is 11.3 Å². The van der Waals surface area contributed by atoms with Crippen LogP contribution in [0, 0.1) is 6.92 Å². The lowest BCUT2D eigenvalue weighted by atomic mass is 9.99. The molecule has 2 heteroatoms. The minimum Gasteiger partial charge on any atom is -0.287 e. The fourth-order valence-corrected chi connectivity index (χ4v) is 2.22. The third-order valence-corrected chi connectivity index (χ3v) is 3.18. The van der Waals surface area contributed by atoms with E-state index in [0.717, 1.165) is 16.3 Å². The summed E-state index contributed by atoms with van der Waals surface area (Å²) in [6.45, 7) is 1.96. The smallest absolute Gasteiger partial charge is 0.211 e. The summed E-state index contributed by atoms with van der Waals surface area (Å²) < 4.78 is 0. The number of nitrogens with zero attached hydrogens (tertiary/aromatic N) is 1. The van der Waals surface area contributed by atoms with Crippen LogP contribution < -0.4 is 0 Å². The first kappa shape index (κ1) is 11.6. The van der Waals surface area contributed by atoms with Gasteiger partial charge in [-0.05, 0) is 35.4 Å². The van der Waals surface area contributed by atoms with Crippen molar-refractivity contribution in [3.8, 4) is 0 Å². The van der Waals surface area contributed by atoms with Crippen molar-refractivity contribution in [2.75, 3.05) is 0 Å². The van der Waals surface area contributed by atoms with Gasteiger partial charge in [0.05, 0.1) is 0 Å². The monoisotopic (exact) mass is 247 g/mol. The van der Waals surface area contributed by atoms with Gasteiger partial charge in [0, 0.05) is 11.8 Å². The normalized spacial score (nSPS) is 10.6. The van der Waals surface area contributed by atoms with Gasteiger partial charge in [0.25, 0.3) is 0 Å². The van der Waals surface area contributed by atoms with E-state index < -0.39 is 0 Å². The third-order valence-electron chi connectivity index (χ3n) is 3.18. The molecule has 3 rings (SSSR count). The van der Waals surface area contributed by atoms with Crippen molar-refractivity contribution in [2.24, 2.45) is 0 Å². The molecule has 0 N–H and O–H groups in total. The van der Waals surface area contributed by atoms with Gasteiger partial charge < -0.3 is 0 Å². The molecule has 0 amide bonds. The van der Waals surface area contributed by atoms with Gasteiger partial charge in [-0.25, -0.2) is 0 Å². The van der Waals surface area contributed by atoms with Crippen molar-refractivity contribution in [3.05, 3.63) is 77.6 Å². The Morgan fingerprint density at radius 3 is 2.63 bits per heavy atom. The first-order valence-electron chi connectivity index (χ1n) is 6.21. The predicted molar refractivity (Wildman–Crippen MR) is 76.4 cm³/mol. The molecule has 0 fully saturated rings. The van der Waals surface area contributed by atoms with E-state index in [2.05, 4.69) is 4.98 Å². The van der Waals surface area contributed by atoms with Crippen LogP contribution in [0.15, 0.2) is 60.8 Å². The maximum Gasteiger partial charge on any atom is 0.211 e. The Labute approximate surface area is 111 Å². The topological polar surface area (TPSA) is 30.0 Å². The summed E-state index contributed by atoms with van der Waals surface area (Å²) in [4.78, 5) is 16.7. The molecule has 0 aliphatic heterocycles. The molecule has 0 bridgehead atoms. The zero-order valence-electron chi connectivity index (χ0n) is 10.6. The molecule has 0 spiro atoms. The molecule has 1 aromatic heterocycles. The average molecular weight is 247 g/mol.